The van der Waals surface area contributed by atoms with Crippen LogP contribution in [-0.2, 0) is 4.74 Å². The van der Waals surface area contributed by atoms with E-state index in [1.807, 2.05) is 42.5 Å². The van der Waals surface area contributed by atoms with Crippen LogP contribution in [0.4, 0.5) is 0 Å². The smallest absolute Gasteiger partial charge is 0.342 e. The van der Waals surface area contributed by atoms with E-state index in [9.17, 15) is 9.90 Å². The van der Waals surface area contributed by atoms with E-state index in [4.69, 9.17) is 4.74 Å². The Kier molecular flexibility index (Phi) is 5.75. The zero-order valence-corrected chi connectivity index (χ0v) is 16.4. The lowest BCUT2D eigenvalue weighted by Crippen LogP contribution is -2.42. The average Bonchev–Trinajstić information content (AvgIpc) is 2.43. The Labute approximate surface area is 152 Å². The quantitative estimate of drug-likeness (QED) is 0.478. The number of phenols is 1. The summed E-state index contributed by atoms with van der Waals surface area (Å²) in [6, 6.07) is 3.49. The normalized spacial score (nSPS) is 16.8. The van der Waals surface area contributed by atoms with E-state index in [0.717, 1.165) is 29.5 Å². The van der Waals surface area contributed by atoms with Crippen LogP contribution in [-0.4, -0.2) is 29.8 Å². The third-order valence-corrected chi connectivity index (χ3v) is 5.37. The van der Waals surface area contributed by atoms with E-state index in [1.54, 1.807) is 6.07 Å². The summed E-state index contributed by atoms with van der Waals surface area (Å²) >= 11 is 4.15. The number of aromatic hydroxyl groups is 1. The molecule has 116 valence electrons. The maximum Gasteiger partial charge on any atom is 0.342 e. The fourth-order valence-corrected chi connectivity index (χ4v) is 4.46. The van der Waals surface area contributed by atoms with Crippen molar-refractivity contribution in [2.24, 2.45) is 5.92 Å². The molecule has 2 rings (SSSR count). The molecule has 0 aromatic heterocycles. The molecule has 0 unspecified atom stereocenters. The lowest BCUT2D eigenvalue weighted by atomic mass is 9.83. The first-order valence-electron chi connectivity index (χ1n) is 6.93. The summed E-state index contributed by atoms with van der Waals surface area (Å²) in [5.41, 5.74) is -0.286. The molecular formula is C15H19I2NO3. The Morgan fingerprint density at radius 1 is 1.33 bits per heavy atom. The number of carbonyl (C=O) groups excluding carboxylic acids is 1. The van der Waals surface area contributed by atoms with Gasteiger partial charge in [0.2, 0.25) is 0 Å². The van der Waals surface area contributed by atoms with Gasteiger partial charge in [-0.15, -0.1) is 0 Å². The van der Waals surface area contributed by atoms with Gasteiger partial charge in [0.1, 0.15) is 16.9 Å². The van der Waals surface area contributed by atoms with Crippen molar-refractivity contribution < 1.29 is 14.6 Å². The Balaban J connectivity index is 2.17. The summed E-state index contributed by atoms with van der Waals surface area (Å²) in [5, 5.41) is 13.4. The Hall–Kier alpha value is -0.0900. The van der Waals surface area contributed by atoms with Crippen LogP contribution < -0.4 is 5.32 Å². The predicted molar refractivity (Wildman–Crippen MR) is 98.6 cm³/mol. The summed E-state index contributed by atoms with van der Waals surface area (Å²) in [4.78, 5) is 12.4. The molecule has 1 heterocycles. The molecule has 1 aliphatic rings. The van der Waals surface area contributed by atoms with Crippen molar-refractivity contribution in [2.75, 3.05) is 13.1 Å². The SMILES string of the molecule is CC(C)(OC(=O)c1cc(I)cc(I)c1O)C1CCNCC1. The molecule has 4 nitrogen and oxygen atoms in total. The monoisotopic (exact) mass is 515 g/mol. The standard InChI is InChI=1S/C15H19I2NO3/c1-15(2,9-3-5-18-6-4-9)21-14(20)11-7-10(16)8-12(17)13(11)19/h7-9,18-19H,3-6H2,1-2H3. The van der Waals surface area contributed by atoms with Crippen molar-refractivity contribution in [3.8, 4) is 5.75 Å². The fourth-order valence-electron chi connectivity index (χ4n) is 2.62. The van der Waals surface area contributed by atoms with E-state index < -0.39 is 11.6 Å². The molecule has 1 aromatic carbocycles. The van der Waals surface area contributed by atoms with Gasteiger partial charge in [0.25, 0.3) is 0 Å². The number of hydrogen-bond donors (Lipinski definition) is 2. The highest BCUT2D eigenvalue weighted by molar-refractivity contribution is 14.1. The van der Waals surface area contributed by atoms with E-state index in [2.05, 4.69) is 27.9 Å². The van der Waals surface area contributed by atoms with Gasteiger partial charge in [-0.3, -0.25) is 0 Å². The summed E-state index contributed by atoms with van der Waals surface area (Å²) < 4.78 is 7.28. The van der Waals surface area contributed by atoms with Crippen molar-refractivity contribution in [1.29, 1.82) is 0 Å². The van der Waals surface area contributed by atoms with E-state index in [1.165, 1.54) is 0 Å². The summed E-state index contributed by atoms with van der Waals surface area (Å²) in [6.07, 6.45) is 1.99. The van der Waals surface area contributed by atoms with Gasteiger partial charge in [-0.1, -0.05) is 0 Å². The molecule has 0 radical (unpaired) electrons. The number of ether oxygens (including phenoxy) is 1. The van der Waals surface area contributed by atoms with Crippen LogP contribution in [0.15, 0.2) is 12.1 Å². The predicted octanol–water partition coefficient (Wildman–Crippen LogP) is 3.54. The van der Waals surface area contributed by atoms with Gasteiger partial charge in [0.15, 0.2) is 0 Å². The highest BCUT2D eigenvalue weighted by Crippen LogP contribution is 2.32. The first-order valence-corrected chi connectivity index (χ1v) is 9.09. The third kappa shape index (κ3) is 4.22. The Bertz CT molecular complexity index is 540. The third-order valence-electron chi connectivity index (χ3n) is 3.93. The topological polar surface area (TPSA) is 58.6 Å². The molecule has 21 heavy (non-hydrogen) atoms. The number of carbonyl (C=O) groups is 1. The highest BCUT2D eigenvalue weighted by atomic mass is 127. The number of phenolic OH excluding ortho intramolecular Hbond substituents is 1. The largest absolute Gasteiger partial charge is 0.506 e. The molecule has 6 heteroatoms. The minimum Gasteiger partial charge on any atom is -0.506 e. The second kappa shape index (κ2) is 6.99. The molecule has 1 saturated heterocycles. The number of nitrogens with one attached hydrogen (secondary N) is 1. The van der Waals surface area contributed by atoms with Crippen LogP contribution in [0, 0.1) is 13.1 Å². The minimum absolute atomic E-state index is 0.00197. The molecule has 0 saturated carbocycles. The Morgan fingerprint density at radius 2 is 1.95 bits per heavy atom. The van der Waals surface area contributed by atoms with Crippen molar-refractivity contribution in [3.63, 3.8) is 0 Å². The minimum atomic E-state index is -0.529. The van der Waals surface area contributed by atoms with Crippen LogP contribution in [0.2, 0.25) is 0 Å². The molecule has 0 atom stereocenters. The van der Waals surface area contributed by atoms with Gasteiger partial charge in [-0.25, -0.2) is 4.79 Å². The molecule has 2 N–H and O–H groups in total. The van der Waals surface area contributed by atoms with Gasteiger partial charge >= 0.3 is 5.97 Å². The first kappa shape index (κ1) is 17.3. The second-order valence-electron chi connectivity index (χ2n) is 5.80. The van der Waals surface area contributed by atoms with Crippen molar-refractivity contribution in [3.05, 3.63) is 24.8 Å². The van der Waals surface area contributed by atoms with Gasteiger partial charge in [0, 0.05) is 9.49 Å². The highest BCUT2D eigenvalue weighted by Gasteiger charge is 2.35. The number of piperidine rings is 1. The van der Waals surface area contributed by atoms with Crippen LogP contribution in [0.1, 0.15) is 37.0 Å². The summed E-state index contributed by atoms with van der Waals surface area (Å²) in [7, 11) is 0. The molecule has 0 amide bonds. The van der Waals surface area contributed by atoms with E-state index in [-0.39, 0.29) is 11.3 Å². The Morgan fingerprint density at radius 3 is 2.57 bits per heavy atom. The molecule has 0 spiro atoms. The number of halogens is 2. The molecule has 0 bridgehead atoms. The second-order valence-corrected chi connectivity index (χ2v) is 8.21. The first-order chi connectivity index (χ1) is 9.81. The molecule has 1 aromatic rings. The fraction of sp³-hybridized carbons (Fsp3) is 0.533. The van der Waals surface area contributed by atoms with E-state index >= 15 is 0 Å². The van der Waals surface area contributed by atoms with Crippen molar-refractivity contribution >= 4 is 51.2 Å². The maximum atomic E-state index is 12.4. The van der Waals surface area contributed by atoms with Crippen LogP contribution in [0.25, 0.3) is 0 Å². The lowest BCUT2D eigenvalue weighted by Gasteiger charge is -2.36. The van der Waals surface area contributed by atoms with Gasteiger partial charge in [0.05, 0.1) is 3.57 Å². The van der Waals surface area contributed by atoms with Gasteiger partial charge in [-0.05, 0) is 97.1 Å². The summed E-state index contributed by atoms with van der Waals surface area (Å²) in [5.74, 6) is -0.110. The molecular weight excluding hydrogens is 496 g/mol. The maximum absolute atomic E-state index is 12.4. The zero-order valence-electron chi connectivity index (χ0n) is 12.1. The average molecular weight is 515 g/mol. The van der Waals surface area contributed by atoms with Crippen LogP contribution in [0.5, 0.6) is 5.75 Å². The molecule has 1 aliphatic heterocycles. The molecule has 0 aliphatic carbocycles. The summed E-state index contributed by atoms with van der Waals surface area (Å²) in [6.45, 7) is 5.82. The number of hydrogen-bond acceptors (Lipinski definition) is 4. The van der Waals surface area contributed by atoms with Crippen LogP contribution in [0.3, 0.4) is 0 Å². The van der Waals surface area contributed by atoms with Crippen molar-refractivity contribution in [1.82, 2.24) is 5.32 Å². The van der Waals surface area contributed by atoms with Crippen LogP contribution >= 0.6 is 45.2 Å². The van der Waals surface area contributed by atoms with Crippen molar-refractivity contribution in [2.45, 2.75) is 32.3 Å². The molecule has 1 fully saturated rings. The number of benzene rings is 1. The number of esters is 1. The van der Waals surface area contributed by atoms with Gasteiger partial charge < -0.3 is 15.2 Å². The van der Waals surface area contributed by atoms with Gasteiger partial charge in [-0.2, -0.15) is 0 Å². The lowest BCUT2D eigenvalue weighted by molar-refractivity contribution is -0.0370. The van der Waals surface area contributed by atoms with E-state index in [0.29, 0.717) is 9.49 Å². The number of rotatable bonds is 3. The zero-order chi connectivity index (χ0) is 15.6.